The Morgan fingerprint density at radius 3 is 2.54 bits per heavy atom. The van der Waals surface area contributed by atoms with Crippen LogP contribution in [0.5, 0.6) is 0 Å². The molecule has 6 heteroatoms. The van der Waals surface area contributed by atoms with Crippen LogP contribution in [0.1, 0.15) is 24.8 Å². The number of hydrogen-bond acceptors (Lipinski definition) is 4. The smallest absolute Gasteiger partial charge is 0.191 e. The van der Waals surface area contributed by atoms with Crippen LogP contribution in [0, 0.1) is 0 Å². The van der Waals surface area contributed by atoms with Crippen molar-refractivity contribution in [2.24, 2.45) is 4.99 Å². The van der Waals surface area contributed by atoms with Gasteiger partial charge in [-0.05, 0) is 45.0 Å². The summed E-state index contributed by atoms with van der Waals surface area (Å²) in [5.74, 6) is 0.952. The molecule has 0 amide bonds. The third kappa shape index (κ3) is 7.08. The van der Waals surface area contributed by atoms with Crippen LogP contribution in [0.4, 0.5) is 0 Å². The molecule has 0 aromatic heterocycles. The normalized spacial score (nSPS) is 21.4. The SMILES string of the molecule is CN=C(NCCN1CCCN(C)CC1)NC1CCN(Cc2ccccc2)CC1. The number of piperidine rings is 1. The maximum atomic E-state index is 4.44. The lowest BCUT2D eigenvalue weighted by molar-refractivity contribution is 0.198. The molecule has 2 aliphatic heterocycles. The molecule has 6 nitrogen and oxygen atoms in total. The third-order valence-corrected chi connectivity index (χ3v) is 5.93. The summed E-state index contributed by atoms with van der Waals surface area (Å²) in [4.78, 5) is 12.0. The van der Waals surface area contributed by atoms with Crippen LogP contribution >= 0.6 is 0 Å². The van der Waals surface area contributed by atoms with Crippen molar-refractivity contribution >= 4 is 5.96 Å². The molecule has 2 N–H and O–H groups in total. The average Bonchev–Trinajstić information content (AvgIpc) is 2.93. The Bertz CT molecular complexity index is 582. The molecule has 1 aromatic carbocycles. The van der Waals surface area contributed by atoms with Gasteiger partial charge in [0.15, 0.2) is 5.96 Å². The highest BCUT2D eigenvalue weighted by atomic mass is 15.2. The van der Waals surface area contributed by atoms with Crippen molar-refractivity contribution in [3.05, 3.63) is 35.9 Å². The van der Waals surface area contributed by atoms with E-state index in [0.29, 0.717) is 6.04 Å². The van der Waals surface area contributed by atoms with Gasteiger partial charge in [0.25, 0.3) is 0 Å². The number of likely N-dealkylation sites (tertiary alicyclic amines) is 1. The predicted octanol–water partition coefficient (Wildman–Crippen LogP) is 1.45. The van der Waals surface area contributed by atoms with Crippen LogP contribution in [0.15, 0.2) is 35.3 Å². The second-order valence-electron chi connectivity index (χ2n) is 8.18. The van der Waals surface area contributed by atoms with E-state index in [-0.39, 0.29) is 0 Å². The first-order chi connectivity index (χ1) is 13.7. The third-order valence-electron chi connectivity index (χ3n) is 5.93. The molecule has 0 radical (unpaired) electrons. The van der Waals surface area contributed by atoms with E-state index >= 15 is 0 Å². The standard InChI is InChI=1S/C22H38N6/c1-23-22(24-11-16-27-13-6-12-26(2)17-18-27)25-21-9-14-28(15-10-21)19-20-7-4-3-5-8-20/h3-5,7-8,21H,6,9-19H2,1-2H3,(H2,23,24,25). The van der Waals surface area contributed by atoms with E-state index in [2.05, 4.69) is 67.7 Å². The van der Waals surface area contributed by atoms with Gasteiger partial charge in [-0.25, -0.2) is 0 Å². The van der Waals surface area contributed by atoms with Crippen molar-refractivity contribution in [2.75, 3.05) is 66.5 Å². The minimum absolute atomic E-state index is 0.519. The summed E-state index contributed by atoms with van der Waals surface area (Å²) in [6.45, 7) is 10.2. The first-order valence-electron chi connectivity index (χ1n) is 10.9. The van der Waals surface area contributed by atoms with Crippen molar-refractivity contribution in [3.8, 4) is 0 Å². The highest BCUT2D eigenvalue weighted by molar-refractivity contribution is 5.79. The molecule has 2 saturated heterocycles. The largest absolute Gasteiger partial charge is 0.355 e. The maximum absolute atomic E-state index is 4.44. The molecule has 0 unspecified atom stereocenters. The summed E-state index contributed by atoms with van der Waals surface area (Å²) in [6.07, 6.45) is 3.61. The van der Waals surface area contributed by atoms with Crippen LogP contribution < -0.4 is 10.6 Å². The van der Waals surface area contributed by atoms with Crippen molar-refractivity contribution in [3.63, 3.8) is 0 Å². The number of guanidine groups is 1. The Labute approximate surface area is 171 Å². The number of rotatable bonds is 6. The van der Waals surface area contributed by atoms with Gasteiger partial charge in [0, 0.05) is 58.9 Å². The van der Waals surface area contributed by atoms with E-state index < -0.39 is 0 Å². The molecule has 1 aromatic rings. The molecule has 156 valence electrons. The molecule has 0 saturated carbocycles. The molecular weight excluding hydrogens is 348 g/mol. The Kier molecular flexibility index (Phi) is 8.58. The zero-order chi connectivity index (χ0) is 19.6. The van der Waals surface area contributed by atoms with Crippen LogP contribution in [-0.2, 0) is 6.54 Å². The molecule has 0 atom stereocenters. The summed E-state index contributed by atoms with van der Waals surface area (Å²) in [7, 11) is 4.10. The minimum Gasteiger partial charge on any atom is -0.355 e. The first kappa shape index (κ1) is 21.1. The molecule has 0 spiro atoms. The predicted molar refractivity (Wildman–Crippen MR) is 118 cm³/mol. The van der Waals surface area contributed by atoms with Crippen LogP contribution in [-0.4, -0.2) is 93.2 Å². The van der Waals surface area contributed by atoms with Crippen molar-refractivity contribution in [2.45, 2.75) is 31.8 Å². The summed E-state index contributed by atoms with van der Waals surface area (Å²) in [5, 5.41) is 7.15. The van der Waals surface area contributed by atoms with E-state index in [4.69, 9.17) is 0 Å². The molecule has 0 bridgehead atoms. The fourth-order valence-electron chi connectivity index (χ4n) is 4.12. The fourth-order valence-corrected chi connectivity index (χ4v) is 4.12. The first-order valence-corrected chi connectivity index (χ1v) is 10.9. The van der Waals surface area contributed by atoms with Crippen molar-refractivity contribution in [1.82, 2.24) is 25.3 Å². The summed E-state index contributed by atoms with van der Waals surface area (Å²) < 4.78 is 0. The van der Waals surface area contributed by atoms with Gasteiger partial charge in [-0.15, -0.1) is 0 Å². The lowest BCUT2D eigenvalue weighted by Gasteiger charge is -2.33. The van der Waals surface area contributed by atoms with Crippen molar-refractivity contribution in [1.29, 1.82) is 0 Å². The Morgan fingerprint density at radius 1 is 1.00 bits per heavy atom. The Hall–Kier alpha value is -1.63. The van der Waals surface area contributed by atoms with Gasteiger partial charge >= 0.3 is 0 Å². The second-order valence-corrected chi connectivity index (χ2v) is 8.18. The number of nitrogens with zero attached hydrogens (tertiary/aromatic N) is 4. The topological polar surface area (TPSA) is 46.1 Å². The van der Waals surface area contributed by atoms with Crippen molar-refractivity contribution < 1.29 is 0 Å². The van der Waals surface area contributed by atoms with E-state index in [1.165, 1.54) is 51.0 Å². The van der Waals surface area contributed by atoms with E-state index in [1.54, 1.807) is 0 Å². The average molecular weight is 387 g/mol. The number of benzene rings is 1. The minimum atomic E-state index is 0.519. The number of aliphatic imine (C=N–C) groups is 1. The van der Waals surface area contributed by atoms with Crippen LogP contribution in [0.2, 0.25) is 0 Å². The highest BCUT2D eigenvalue weighted by Crippen LogP contribution is 2.13. The molecular formula is C22H38N6. The number of likely N-dealkylation sites (N-methyl/N-ethyl adjacent to an activating group) is 1. The summed E-state index contributed by atoms with van der Waals surface area (Å²) >= 11 is 0. The Morgan fingerprint density at radius 2 is 1.79 bits per heavy atom. The molecule has 3 rings (SSSR count). The molecule has 2 aliphatic rings. The number of hydrogen-bond donors (Lipinski definition) is 2. The van der Waals surface area contributed by atoms with Gasteiger partial charge in [0.05, 0.1) is 0 Å². The lowest BCUT2D eigenvalue weighted by Crippen LogP contribution is -2.49. The van der Waals surface area contributed by atoms with Gasteiger partial charge in [-0.3, -0.25) is 9.89 Å². The van der Waals surface area contributed by atoms with Crippen LogP contribution in [0.25, 0.3) is 0 Å². The fraction of sp³-hybridized carbons (Fsp3) is 0.682. The van der Waals surface area contributed by atoms with Crippen LogP contribution in [0.3, 0.4) is 0 Å². The van der Waals surface area contributed by atoms with Gasteiger partial charge in [0.1, 0.15) is 0 Å². The quantitative estimate of drug-likeness (QED) is 0.572. The molecule has 2 heterocycles. The van der Waals surface area contributed by atoms with Gasteiger partial charge < -0.3 is 20.4 Å². The molecule has 28 heavy (non-hydrogen) atoms. The van der Waals surface area contributed by atoms with E-state index in [0.717, 1.165) is 38.7 Å². The zero-order valence-electron chi connectivity index (χ0n) is 17.7. The van der Waals surface area contributed by atoms with Gasteiger partial charge in [-0.2, -0.15) is 0 Å². The van der Waals surface area contributed by atoms with Gasteiger partial charge in [0.2, 0.25) is 0 Å². The number of nitrogens with one attached hydrogen (secondary N) is 2. The summed E-state index contributed by atoms with van der Waals surface area (Å²) in [5.41, 5.74) is 1.41. The highest BCUT2D eigenvalue weighted by Gasteiger charge is 2.20. The zero-order valence-corrected chi connectivity index (χ0v) is 17.7. The monoisotopic (exact) mass is 386 g/mol. The molecule has 0 aliphatic carbocycles. The second kappa shape index (κ2) is 11.4. The summed E-state index contributed by atoms with van der Waals surface area (Å²) in [6, 6.07) is 11.3. The van der Waals surface area contributed by atoms with E-state index in [1.807, 2.05) is 7.05 Å². The van der Waals surface area contributed by atoms with Gasteiger partial charge in [-0.1, -0.05) is 30.3 Å². The van der Waals surface area contributed by atoms with E-state index in [9.17, 15) is 0 Å². The lowest BCUT2D eigenvalue weighted by atomic mass is 10.0. The Balaban J connectivity index is 1.33. The molecule has 2 fully saturated rings. The maximum Gasteiger partial charge on any atom is 0.191 e.